The monoisotopic (exact) mass is 466 g/mol. The highest BCUT2D eigenvalue weighted by molar-refractivity contribution is 6.03. The van der Waals surface area contributed by atoms with Crippen LogP contribution >= 0.6 is 0 Å². The SMILES string of the molecule is C=C1CC/C(=C(/C)C(=O)OCC)C(c2ccccc2)=C2CC(C(=O)OCC)(C(=O)OCC)C[C@H]12. The minimum absolute atomic E-state index is 0.165. The van der Waals surface area contributed by atoms with Crippen molar-refractivity contribution in [2.45, 2.75) is 53.4 Å². The first kappa shape index (κ1) is 25.5. The number of benzene rings is 1. The van der Waals surface area contributed by atoms with Gasteiger partial charge in [0.1, 0.15) is 0 Å². The Morgan fingerprint density at radius 2 is 1.53 bits per heavy atom. The fourth-order valence-corrected chi connectivity index (χ4v) is 5.06. The Balaban J connectivity index is 2.29. The van der Waals surface area contributed by atoms with Gasteiger partial charge in [-0.1, -0.05) is 48.1 Å². The summed E-state index contributed by atoms with van der Waals surface area (Å²) in [6.07, 6.45) is 1.68. The average Bonchev–Trinajstić information content (AvgIpc) is 3.18. The van der Waals surface area contributed by atoms with Gasteiger partial charge in [0.2, 0.25) is 0 Å². The number of rotatable bonds is 7. The van der Waals surface area contributed by atoms with E-state index in [0.717, 1.165) is 27.9 Å². The fourth-order valence-electron chi connectivity index (χ4n) is 5.06. The van der Waals surface area contributed by atoms with Crippen LogP contribution in [0.4, 0.5) is 0 Å². The summed E-state index contributed by atoms with van der Waals surface area (Å²) in [5.41, 5.74) is 3.65. The molecular formula is C28H34O6. The molecule has 0 radical (unpaired) electrons. The van der Waals surface area contributed by atoms with Crippen molar-refractivity contribution in [3.05, 3.63) is 64.8 Å². The lowest BCUT2D eigenvalue weighted by Gasteiger charge is -2.25. The summed E-state index contributed by atoms with van der Waals surface area (Å²) in [5.74, 6) is -1.70. The first-order chi connectivity index (χ1) is 16.3. The lowest BCUT2D eigenvalue weighted by Crippen LogP contribution is -2.40. The third kappa shape index (κ3) is 4.72. The zero-order chi connectivity index (χ0) is 24.9. The molecule has 0 amide bonds. The van der Waals surface area contributed by atoms with Gasteiger partial charge in [-0.2, -0.15) is 0 Å². The van der Waals surface area contributed by atoms with Crippen LogP contribution in [0, 0.1) is 11.3 Å². The molecule has 0 spiro atoms. The summed E-state index contributed by atoms with van der Waals surface area (Å²) in [6.45, 7) is 11.9. The second-order valence-corrected chi connectivity index (χ2v) is 8.71. The minimum atomic E-state index is -1.44. The van der Waals surface area contributed by atoms with Crippen LogP contribution in [0.5, 0.6) is 0 Å². The lowest BCUT2D eigenvalue weighted by molar-refractivity contribution is -0.171. The van der Waals surface area contributed by atoms with Crippen molar-refractivity contribution in [3.8, 4) is 0 Å². The summed E-state index contributed by atoms with van der Waals surface area (Å²) in [5, 5.41) is 0. The Labute approximate surface area is 201 Å². The van der Waals surface area contributed by atoms with E-state index in [2.05, 4.69) is 6.58 Å². The van der Waals surface area contributed by atoms with Gasteiger partial charge in [-0.3, -0.25) is 9.59 Å². The van der Waals surface area contributed by atoms with Gasteiger partial charge in [-0.15, -0.1) is 0 Å². The average molecular weight is 467 g/mol. The molecule has 1 aromatic carbocycles. The van der Waals surface area contributed by atoms with Crippen molar-refractivity contribution in [1.29, 1.82) is 0 Å². The number of hydrogen-bond donors (Lipinski definition) is 0. The first-order valence-corrected chi connectivity index (χ1v) is 12.0. The van der Waals surface area contributed by atoms with Gasteiger partial charge >= 0.3 is 17.9 Å². The summed E-state index contributed by atoms with van der Waals surface area (Å²) in [6, 6.07) is 9.78. The van der Waals surface area contributed by atoms with E-state index in [1.165, 1.54) is 0 Å². The maximum absolute atomic E-state index is 13.2. The second-order valence-electron chi connectivity index (χ2n) is 8.71. The minimum Gasteiger partial charge on any atom is -0.465 e. The van der Waals surface area contributed by atoms with E-state index in [4.69, 9.17) is 14.2 Å². The molecule has 0 heterocycles. The van der Waals surface area contributed by atoms with Crippen LogP contribution in [0.2, 0.25) is 0 Å². The van der Waals surface area contributed by atoms with E-state index < -0.39 is 17.4 Å². The van der Waals surface area contributed by atoms with Crippen molar-refractivity contribution in [3.63, 3.8) is 0 Å². The fraction of sp³-hybridized carbons (Fsp3) is 0.464. The van der Waals surface area contributed by atoms with Gasteiger partial charge in [-0.25, -0.2) is 4.79 Å². The topological polar surface area (TPSA) is 78.9 Å². The molecule has 0 saturated heterocycles. The number of carbonyl (C=O) groups is 3. The lowest BCUT2D eigenvalue weighted by atomic mass is 9.82. The van der Waals surface area contributed by atoms with Crippen molar-refractivity contribution in [2.24, 2.45) is 11.3 Å². The number of hydrogen-bond acceptors (Lipinski definition) is 6. The number of fused-ring (bicyclic) bond motifs is 1. The molecule has 1 saturated carbocycles. The highest BCUT2D eigenvalue weighted by Gasteiger charge is 2.57. The van der Waals surface area contributed by atoms with E-state index in [1.54, 1.807) is 27.7 Å². The maximum atomic E-state index is 13.2. The molecule has 1 fully saturated rings. The van der Waals surface area contributed by atoms with E-state index in [-0.39, 0.29) is 44.5 Å². The molecule has 0 unspecified atom stereocenters. The van der Waals surface area contributed by atoms with Gasteiger partial charge in [0.05, 0.1) is 19.8 Å². The van der Waals surface area contributed by atoms with E-state index in [1.807, 2.05) is 30.3 Å². The second kappa shape index (κ2) is 10.9. The Morgan fingerprint density at radius 3 is 2.09 bits per heavy atom. The molecule has 0 N–H and O–H groups in total. The van der Waals surface area contributed by atoms with Gasteiger partial charge < -0.3 is 14.2 Å². The Bertz CT molecular complexity index is 1010. The summed E-state index contributed by atoms with van der Waals surface area (Å²) in [4.78, 5) is 39.2. The molecule has 6 nitrogen and oxygen atoms in total. The maximum Gasteiger partial charge on any atom is 0.333 e. The Kier molecular flexibility index (Phi) is 8.13. The predicted octanol–water partition coefficient (Wildman–Crippen LogP) is 5.19. The van der Waals surface area contributed by atoms with Gasteiger partial charge in [0, 0.05) is 11.5 Å². The van der Waals surface area contributed by atoms with Crippen molar-refractivity contribution in [2.75, 3.05) is 19.8 Å². The smallest absolute Gasteiger partial charge is 0.333 e. The molecule has 0 aromatic heterocycles. The Hall–Kier alpha value is -3.15. The number of allylic oxidation sites excluding steroid dienone is 4. The van der Waals surface area contributed by atoms with Gasteiger partial charge in [-0.05, 0) is 70.1 Å². The van der Waals surface area contributed by atoms with Crippen LogP contribution in [0.1, 0.15) is 58.9 Å². The van der Waals surface area contributed by atoms with Crippen LogP contribution in [-0.2, 0) is 28.6 Å². The van der Waals surface area contributed by atoms with Gasteiger partial charge in [0.15, 0.2) is 5.41 Å². The number of esters is 3. The molecule has 0 bridgehead atoms. The highest BCUT2D eigenvalue weighted by Crippen LogP contribution is 2.56. The summed E-state index contributed by atoms with van der Waals surface area (Å²) >= 11 is 0. The van der Waals surface area contributed by atoms with Gasteiger partial charge in [0.25, 0.3) is 0 Å². The molecule has 182 valence electrons. The van der Waals surface area contributed by atoms with E-state index in [9.17, 15) is 14.4 Å². The van der Waals surface area contributed by atoms with Crippen LogP contribution < -0.4 is 0 Å². The zero-order valence-corrected chi connectivity index (χ0v) is 20.6. The quantitative estimate of drug-likeness (QED) is 0.181. The third-order valence-corrected chi connectivity index (χ3v) is 6.71. The van der Waals surface area contributed by atoms with Crippen LogP contribution in [0.15, 0.2) is 59.2 Å². The molecule has 1 aromatic rings. The molecular weight excluding hydrogens is 432 g/mol. The molecule has 1 atom stereocenters. The molecule has 6 heteroatoms. The van der Waals surface area contributed by atoms with Crippen LogP contribution in [-0.4, -0.2) is 37.7 Å². The molecule has 3 rings (SSSR count). The first-order valence-electron chi connectivity index (χ1n) is 12.0. The number of ether oxygens (including phenoxy) is 3. The molecule has 34 heavy (non-hydrogen) atoms. The summed E-state index contributed by atoms with van der Waals surface area (Å²) in [7, 11) is 0. The molecule has 2 aliphatic carbocycles. The number of carbonyl (C=O) groups excluding carboxylic acids is 3. The Morgan fingerprint density at radius 1 is 0.941 bits per heavy atom. The van der Waals surface area contributed by atoms with Crippen molar-refractivity contribution in [1.82, 2.24) is 0 Å². The normalized spacial score (nSPS) is 20.8. The van der Waals surface area contributed by atoms with Crippen LogP contribution in [0.3, 0.4) is 0 Å². The van der Waals surface area contributed by atoms with Crippen LogP contribution in [0.25, 0.3) is 5.57 Å². The van der Waals surface area contributed by atoms with Crippen molar-refractivity contribution >= 4 is 23.5 Å². The largest absolute Gasteiger partial charge is 0.465 e. The standard InChI is InChI=1S/C28H34O6/c1-6-32-25(29)19(5)21-15-14-18(4)22-16-28(26(30)33-7-2,27(31)34-8-3)17-23(22)24(21)20-12-10-9-11-13-20/h9-13,22H,4,6-8,14-17H2,1-3,5H3/b21-19+/t22-/m1/s1. The van der Waals surface area contributed by atoms with E-state index in [0.29, 0.717) is 18.4 Å². The summed E-state index contributed by atoms with van der Waals surface area (Å²) < 4.78 is 16.1. The predicted molar refractivity (Wildman–Crippen MR) is 129 cm³/mol. The van der Waals surface area contributed by atoms with Crippen molar-refractivity contribution < 1.29 is 28.6 Å². The molecule has 0 aliphatic heterocycles. The zero-order valence-electron chi connectivity index (χ0n) is 20.6. The van der Waals surface area contributed by atoms with E-state index >= 15 is 0 Å². The molecule has 2 aliphatic rings. The highest BCUT2D eigenvalue weighted by atomic mass is 16.6. The third-order valence-electron chi connectivity index (χ3n) is 6.71.